The Bertz CT molecular complexity index is 1630. The molecule has 10 heteroatoms. The molecule has 0 radical (unpaired) electrons. The Labute approximate surface area is 238 Å². The number of ether oxygens (including phenoxy) is 1. The summed E-state index contributed by atoms with van der Waals surface area (Å²) >= 11 is 0. The van der Waals surface area contributed by atoms with E-state index in [-0.39, 0.29) is 30.1 Å². The molecule has 0 bridgehead atoms. The van der Waals surface area contributed by atoms with Crippen molar-refractivity contribution < 1.29 is 19.1 Å². The van der Waals surface area contributed by atoms with Crippen LogP contribution in [0.1, 0.15) is 57.2 Å². The predicted octanol–water partition coefficient (Wildman–Crippen LogP) is 4.41. The van der Waals surface area contributed by atoms with Crippen molar-refractivity contribution in [1.29, 1.82) is 0 Å². The van der Waals surface area contributed by atoms with Gasteiger partial charge in [0.25, 0.3) is 5.91 Å². The van der Waals surface area contributed by atoms with Crippen LogP contribution in [0, 0.1) is 13.8 Å². The number of amides is 2. The Morgan fingerprint density at radius 1 is 1.15 bits per heavy atom. The van der Waals surface area contributed by atoms with Gasteiger partial charge < -0.3 is 20.3 Å². The van der Waals surface area contributed by atoms with Gasteiger partial charge in [-0.2, -0.15) is 5.10 Å². The van der Waals surface area contributed by atoms with Gasteiger partial charge in [-0.25, -0.2) is 9.50 Å². The second-order valence-corrected chi connectivity index (χ2v) is 10.5. The highest BCUT2D eigenvalue weighted by Gasteiger charge is 2.22. The maximum absolute atomic E-state index is 13.3. The summed E-state index contributed by atoms with van der Waals surface area (Å²) < 4.78 is 6.75. The molecule has 1 aliphatic rings. The largest absolute Gasteiger partial charge is 0.383 e. The lowest BCUT2D eigenvalue weighted by atomic mass is 10.0. The van der Waals surface area contributed by atoms with Crippen molar-refractivity contribution in [2.45, 2.75) is 46.1 Å². The van der Waals surface area contributed by atoms with E-state index in [0.29, 0.717) is 42.0 Å². The van der Waals surface area contributed by atoms with Crippen LogP contribution in [0.4, 0.5) is 17.2 Å². The fourth-order valence-electron chi connectivity index (χ4n) is 5.17. The van der Waals surface area contributed by atoms with E-state index in [1.165, 1.54) is 6.33 Å². The summed E-state index contributed by atoms with van der Waals surface area (Å²) in [6.07, 6.45) is 4.74. The van der Waals surface area contributed by atoms with Gasteiger partial charge in [-0.3, -0.25) is 14.4 Å². The minimum absolute atomic E-state index is 0.0335. The third-order valence-corrected chi connectivity index (χ3v) is 7.34. The molecular weight excluding hydrogens is 520 g/mol. The number of carbonyl (C=O) groups excluding carboxylic acids is 3. The standard InChI is InChI=1S/C31H34N6O4/c1-19-10-11-23(27(38)14-22-7-5-8-24(13-22)36-12-6-9-28(36)39)15-26(19)35-30-29-21(3)25(16-37(29)33-18-32-30)31(40)34-20(2)17-41-4/h5,7-8,10-11,13,15-16,18,20H,6,9,12,14,17H2,1-4H3,(H,34,40)(H,32,33,35)/t20-/m0/s1. The number of carbonyl (C=O) groups is 3. The SMILES string of the molecule is COC[C@H](C)NC(=O)c1cn2ncnc(Nc3cc(C(=O)Cc4cccc(N5CCCC5=O)c4)ccc3C)c2c1C. The van der Waals surface area contributed by atoms with Crippen LogP contribution in [0.25, 0.3) is 5.52 Å². The summed E-state index contributed by atoms with van der Waals surface area (Å²) in [7, 11) is 1.59. The Morgan fingerprint density at radius 3 is 2.73 bits per heavy atom. The minimum atomic E-state index is -0.217. The van der Waals surface area contributed by atoms with Gasteiger partial charge >= 0.3 is 0 Å². The molecule has 2 N–H and O–H groups in total. The van der Waals surface area contributed by atoms with Gasteiger partial charge in [0.2, 0.25) is 5.91 Å². The molecule has 1 saturated heterocycles. The highest BCUT2D eigenvalue weighted by atomic mass is 16.5. The molecule has 41 heavy (non-hydrogen) atoms. The van der Waals surface area contributed by atoms with Gasteiger partial charge in [0.15, 0.2) is 11.6 Å². The van der Waals surface area contributed by atoms with Crippen molar-refractivity contribution in [2.75, 3.05) is 30.5 Å². The Hall–Kier alpha value is -4.57. The molecule has 0 saturated carbocycles. The summed E-state index contributed by atoms with van der Waals surface area (Å²) in [6, 6.07) is 13.0. The molecule has 2 aromatic carbocycles. The van der Waals surface area contributed by atoms with E-state index in [1.807, 2.05) is 63.2 Å². The summed E-state index contributed by atoms with van der Waals surface area (Å²) in [5.74, 6) is 0.393. The molecule has 2 aromatic heterocycles. The average Bonchev–Trinajstić information content (AvgIpc) is 3.53. The normalized spacial score (nSPS) is 14.0. The topological polar surface area (TPSA) is 118 Å². The molecule has 1 atom stereocenters. The molecule has 0 unspecified atom stereocenters. The summed E-state index contributed by atoms with van der Waals surface area (Å²) in [6.45, 7) is 6.80. The van der Waals surface area contributed by atoms with Crippen LogP contribution in [-0.4, -0.2) is 58.5 Å². The third kappa shape index (κ3) is 5.97. The number of aryl methyl sites for hydroxylation is 2. The van der Waals surface area contributed by atoms with E-state index in [9.17, 15) is 14.4 Å². The first-order valence-corrected chi connectivity index (χ1v) is 13.7. The summed E-state index contributed by atoms with van der Waals surface area (Å²) in [5.41, 5.74) is 5.81. The van der Waals surface area contributed by atoms with E-state index in [1.54, 1.807) is 22.7 Å². The number of fused-ring (bicyclic) bond motifs is 1. The van der Waals surface area contributed by atoms with Crippen LogP contribution in [0.2, 0.25) is 0 Å². The van der Waals surface area contributed by atoms with Gasteiger partial charge in [-0.1, -0.05) is 24.3 Å². The predicted molar refractivity (Wildman–Crippen MR) is 157 cm³/mol. The van der Waals surface area contributed by atoms with Crippen molar-refractivity contribution in [2.24, 2.45) is 0 Å². The molecule has 1 fully saturated rings. The van der Waals surface area contributed by atoms with Crippen molar-refractivity contribution in [3.05, 3.63) is 82.8 Å². The van der Waals surface area contributed by atoms with Gasteiger partial charge in [0.1, 0.15) is 11.8 Å². The second kappa shape index (κ2) is 11.9. The van der Waals surface area contributed by atoms with E-state index in [0.717, 1.165) is 34.5 Å². The molecule has 1 aliphatic heterocycles. The number of hydrogen-bond acceptors (Lipinski definition) is 7. The number of nitrogens with one attached hydrogen (secondary N) is 2. The number of anilines is 3. The lowest BCUT2D eigenvalue weighted by Gasteiger charge is -2.16. The van der Waals surface area contributed by atoms with E-state index >= 15 is 0 Å². The molecule has 4 aromatic rings. The Morgan fingerprint density at radius 2 is 1.98 bits per heavy atom. The summed E-state index contributed by atoms with van der Waals surface area (Å²) in [4.78, 5) is 44.6. The van der Waals surface area contributed by atoms with E-state index in [4.69, 9.17) is 4.74 Å². The van der Waals surface area contributed by atoms with Crippen molar-refractivity contribution in [3.63, 3.8) is 0 Å². The number of hydrogen-bond donors (Lipinski definition) is 2. The maximum atomic E-state index is 13.3. The first-order valence-electron chi connectivity index (χ1n) is 13.7. The average molecular weight is 555 g/mol. The number of ketones is 1. The van der Waals surface area contributed by atoms with Crippen LogP contribution < -0.4 is 15.5 Å². The molecule has 212 valence electrons. The first-order chi connectivity index (χ1) is 19.7. The number of benzene rings is 2. The number of nitrogens with zero attached hydrogens (tertiary/aromatic N) is 4. The monoisotopic (exact) mass is 554 g/mol. The molecule has 0 aliphatic carbocycles. The number of aromatic nitrogens is 3. The van der Waals surface area contributed by atoms with Gasteiger partial charge in [0, 0.05) is 55.7 Å². The fraction of sp³-hybridized carbons (Fsp3) is 0.323. The number of methoxy groups -OCH3 is 1. The molecule has 10 nitrogen and oxygen atoms in total. The maximum Gasteiger partial charge on any atom is 0.253 e. The van der Waals surface area contributed by atoms with Crippen LogP contribution in [-0.2, 0) is 16.0 Å². The van der Waals surface area contributed by atoms with Gasteiger partial charge in [-0.05, 0) is 62.1 Å². The Balaban J connectivity index is 1.37. The quantitative estimate of drug-likeness (QED) is 0.279. The lowest BCUT2D eigenvalue weighted by Crippen LogP contribution is -2.35. The van der Waals surface area contributed by atoms with E-state index in [2.05, 4.69) is 20.7 Å². The molecule has 2 amide bonds. The van der Waals surface area contributed by atoms with Crippen LogP contribution in [0.15, 0.2) is 55.0 Å². The highest BCUT2D eigenvalue weighted by Crippen LogP contribution is 2.28. The highest BCUT2D eigenvalue weighted by molar-refractivity contribution is 6.01. The molecule has 0 spiro atoms. The van der Waals surface area contributed by atoms with Crippen LogP contribution in [0.5, 0.6) is 0 Å². The molecule has 5 rings (SSSR count). The summed E-state index contributed by atoms with van der Waals surface area (Å²) in [5, 5.41) is 10.6. The fourth-order valence-corrected chi connectivity index (χ4v) is 5.17. The first kappa shape index (κ1) is 28.0. The zero-order valence-electron chi connectivity index (χ0n) is 23.7. The van der Waals surface area contributed by atoms with Crippen LogP contribution >= 0.6 is 0 Å². The van der Waals surface area contributed by atoms with Crippen molar-refractivity contribution in [1.82, 2.24) is 19.9 Å². The van der Waals surface area contributed by atoms with E-state index < -0.39 is 0 Å². The second-order valence-electron chi connectivity index (χ2n) is 10.5. The van der Waals surface area contributed by atoms with Gasteiger partial charge in [-0.15, -0.1) is 0 Å². The zero-order valence-corrected chi connectivity index (χ0v) is 23.7. The number of rotatable bonds is 10. The third-order valence-electron chi connectivity index (χ3n) is 7.34. The van der Waals surface area contributed by atoms with Crippen molar-refractivity contribution >= 4 is 40.3 Å². The Kier molecular flexibility index (Phi) is 8.11. The number of Topliss-reactive ketones (excluding diaryl/α,β-unsaturated/α-hetero) is 1. The van der Waals surface area contributed by atoms with Crippen LogP contribution in [0.3, 0.4) is 0 Å². The lowest BCUT2D eigenvalue weighted by molar-refractivity contribution is -0.117. The molecular formula is C31H34N6O4. The van der Waals surface area contributed by atoms with Gasteiger partial charge in [0.05, 0.1) is 12.2 Å². The molecule has 3 heterocycles. The minimum Gasteiger partial charge on any atom is -0.383 e. The smallest absolute Gasteiger partial charge is 0.253 e. The zero-order chi connectivity index (χ0) is 29.1. The van der Waals surface area contributed by atoms with Crippen molar-refractivity contribution in [3.8, 4) is 0 Å².